The molecule has 6 rings (SSSR count). The third kappa shape index (κ3) is 4.82. The summed E-state index contributed by atoms with van der Waals surface area (Å²) in [6, 6.07) is 15.1. The van der Waals surface area contributed by atoms with E-state index < -0.39 is 17.8 Å². The van der Waals surface area contributed by atoms with Gasteiger partial charge < -0.3 is 15.0 Å². The highest BCUT2D eigenvalue weighted by atomic mass is 19.4. The average molecular weight is 535 g/mol. The quantitative estimate of drug-likeness (QED) is 0.262. The van der Waals surface area contributed by atoms with Crippen LogP contribution < -0.4 is 11.1 Å². The third-order valence-electron chi connectivity index (χ3n) is 7.85. The van der Waals surface area contributed by atoms with Gasteiger partial charge in [-0.3, -0.25) is 10.3 Å². The number of aromatic nitrogens is 2. The van der Waals surface area contributed by atoms with E-state index in [0.717, 1.165) is 60.3 Å². The van der Waals surface area contributed by atoms with Crippen LogP contribution in [0.5, 0.6) is 0 Å². The summed E-state index contributed by atoms with van der Waals surface area (Å²) in [5.41, 5.74) is 9.82. The number of nitrogens with two attached hydrogens (primary N) is 1. The second kappa shape index (κ2) is 9.63. The van der Waals surface area contributed by atoms with Crippen molar-refractivity contribution in [1.29, 1.82) is 0 Å². The van der Waals surface area contributed by atoms with Gasteiger partial charge in [0.2, 0.25) is 0 Å². The van der Waals surface area contributed by atoms with Crippen LogP contribution in [-0.2, 0) is 10.9 Å². The Labute approximate surface area is 224 Å². The first kappa shape index (κ1) is 25.3. The number of halogens is 3. The van der Waals surface area contributed by atoms with E-state index in [1.54, 1.807) is 30.3 Å². The number of alkyl halides is 3. The van der Waals surface area contributed by atoms with E-state index in [4.69, 9.17) is 10.5 Å². The van der Waals surface area contributed by atoms with E-state index in [1.165, 1.54) is 12.3 Å². The highest BCUT2D eigenvalue weighted by Gasteiger charge is 2.35. The number of carbonyl (C=O) groups is 1. The maximum absolute atomic E-state index is 13.7. The number of nitrogens with zero attached hydrogens (tertiary/aromatic N) is 2. The van der Waals surface area contributed by atoms with Gasteiger partial charge in [0, 0.05) is 34.4 Å². The minimum atomic E-state index is -4.52. The summed E-state index contributed by atoms with van der Waals surface area (Å²) >= 11 is 0. The Kier molecular flexibility index (Phi) is 6.24. The number of anilines is 2. The van der Waals surface area contributed by atoms with E-state index in [0.29, 0.717) is 22.9 Å². The van der Waals surface area contributed by atoms with E-state index >= 15 is 0 Å². The number of amides is 1. The lowest BCUT2D eigenvalue weighted by Crippen LogP contribution is -2.21. The number of hydrogen-bond donors (Lipinski definition) is 2. The third-order valence-corrected chi connectivity index (χ3v) is 7.85. The zero-order chi connectivity index (χ0) is 27.3. The molecule has 202 valence electrons. The van der Waals surface area contributed by atoms with Gasteiger partial charge in [-0.2, -0.15) is 13.2 Å². The first-order chi connectivity index (χ1) is 18.7. The number of rotatable bonds is 6. The fraction of sp³-hybridized carbons (Fsp3) is 0.333. The molecule has 1 amide bonds. The average Bonchev–Trinajstić information content (AvgIpc) is 3.69. The molecule has 2 fully saturated rings. The van der Waals surface area contributed by atoms with Gasteiger partial charge in [0.15, 0.2) is 0 Å². The summed E-state index contributed by atoms with van der Waals surface area (Å²) in [5.74, 6) is 0.452. The van der Waals surface area contributed by atoms with Crippen molar-refractivity contribution < 1.29 is 22.7 Å². The molecule has 2 aromatic carbocycles. The van der Waals surface area contributed by atoms with E-state index in [1.807, 2.05) is 19.1 Å². The zero-order valence-electron chi connectivity index (χ0n) is 21.5. The highest BCUT2D eigenvalue weighted by molar-refractivity contribution is 6.02. The van der Waals surface area contributed by atoms with Crippen molar-refractivity contribution in [1.82, 2.24) is 9.55 Å². The number of carbonyl (C=O) groups excluding carboxylic acids is 1. The van der Waals surface area contributed by atoms with Crippen LogP contribution in [0.1, 0.15) is 50.6 Å². The van der Waals surface area contributed by atoms with Crippen molar-refractivity contribution in [3.63, 3.8) is 0 Å². The molecule has 0 spiro atoms. The SMILES string of the molecule is C[C@@H](OC(=O)Nc1ccc(-c2c(N)c3ccc(-c4ncccc4C(F)(F)F)cc3n2C2CCC2)cc1)C1CC1. The summed E-state index contributed by atoms with van der Waals surface area (Å²) in [7, 11) is 0. The van der Waals surface area contributed by atoms with Crippen LogP contribution in [0.4, 0.5) is 29.3 Å². The van der Waals surface area contributed by atoms with Gasteiger partial charge in [-0.15, -0.1) is 0 Å². The fourth-order valence-electron chi connectivity index (χ4n) is 5.36. The Balaban J connectivity index is 1.37. The smallest absolute Gasteiger partial charge is 0.418 e. The van der Waals surface area contributed by atoms with Crippen molar-refractivity contribution in [3.05, 3.63) is 66.4 Å². The lowest BCUT2D eigenvalue weighted by atomic mass is 9.92. The van der Waals surface area contributed by atoms with Gasteiger partial charge in [0.25, 0.3) is 0 Å². The Bertz CT molecular complexity index is 1540. The van der Waals surface area contributed by atoms with E-state index in [9.17, 15) is 18.0 Å². The van der Waals surface area contributed by atoms with Crippen LogP contribution in [0.25, 0.3) is 33.4 Å². The van der Waals surface area contributed by atoms with Crippen molar-refractivity contribution in [3.8, 4) is 22.5 Å². The molecule has 2 saturated carbocycles. The summed E-state index contributed by atoms with van der Waals surface area (Å²) in [5, 5.41) is 3.56. The van der Waals surface area contributed by atoms with Crippen LogP contribution in [0.3, 0.4) is 0 Å². The lowest BCUT2D eigenvalue weighted by molar-refractivity contribution is -0.137. The summed E-state index contributed by atoms with van der Waals surface area (Å²) in [6.45, 7) is 1.91. The molecule has 3 N–H and O–H groups in total. The fourth-order valence-corrected chi connectivity index (χ4v) is 5.36. The molecule has 2 aliphatic rings. The second-order valence-corrected chi connectivity index (χ2v) is 10.5. The second-order valence-electron chi connectivity index (χ2n) is 10.5. The Morgan fingerprint density at radius 3 is 2.44 bits per heavy atom. The van der Waals surface area contributed by atoms with Crippen molar-refractivity contribution in [2.24, 2.45) is 5.92 Å². The maximum Gasteiger partial charge on any atom is 0.418 e. The lowest BCUT2D eigenvalue weighted by Gasteiger charge is -2.30. The molecular formula is C30H29F3N4O2. The van der Waals surface area contributed by atoms with Crippen molar-refractivity contribution in [2.45, 2.75) is 57.3 Å². The minimum absolute atomic E-state index is 0.105. The predicted molar refractivity (Wildman–Crippen MR) is 145 cm³/mol. The molecule has 0 radical (unpaired) electrons. The molecule has 2 aliphatic carbocycles. The number of ether oxygens (including phenoxy) is 1. The summed E-state index contributed by atoms with van der Waals surface area (Å²) < 4.78 is 48.8. The summed E-state index contributed by atoms with van der Waals surface area (Å²) in [6.07, 6.45) is 1.44. The van der Waals surface area contributed by atoms with Gasteiger partial charge in [-0.1, -0.05) is 24.3 Å². The molecule has 0 unspecified atom stereocenters. The molecule has 1 atom stereocenters. The Morgan fingerprint density at radius 1 is 1.08 bits per heavy atom. The van der Waals surface area contributed by atoms with Gasteiger partial charge in [0.1, 0.15) is 6.10 Å². The Hall–Kier alpha value is -4.01. The van der Waals surface area contributed by atoms with Gasteiger partial charge >= 0.3 is 12.3 Å². The van der Waals surface area contributed by atoms with Crippen LogP contribution >= 0.6 is 0 Å². The van der Waals surface area contributed by atoms with Gasteiger partial charge in [-0.25, -0.2) is 4.79 Å². The van der Waals surface area contributed by atoms with Crippen LogP contribution in [-0.4, -0.2) is 21.7 Å². The van der Waals surface area contributed by atoms with Crippen LogP contribution in [0.15, 0.2) is 60.8 Å². The van der Waals surface area contributed by atoms with Crippen molar-refractivity contribution in [2.75, 3.05) is 11.1 Å². The molecule has 4 aromatic rings. The maximum atomic E-state index is 13.7. The van der Waals surface area contributed by atoms with Crippen LogP contribution in [0.2, 0.25) is 0 Å². The number of fused-ring (bicyclic) bond motifs is 1. The van der Waals surface area contributed by atoms with Gasteiger partial charge in [0.05, 0.1) is 28.2 Å². The molecule has 0 aliphatic heterocycles. The highest BCUT2D eigenvalue weighted by Crippen LogP contribution is 2.45. The topological polar surface area (TPSA) is 82.2 Å². The standard InChI is InChI=1S/C30H29F3N4O2/c1-17(18-7-8-18)39-29(38)36-21-12-9-19(10-13-21)28-26(34)23-14-11-20(16-25(23)37(28)22-4-2-5-22)27-24(30(31,32)33)6-3-15-35-27/h3,6,9-18,22H,2,4-5,7-8,34H2,1H3,(H,36,38)/t17-/m1/s1. The normalized spacial score (nSPS) is 16.6. The number of pyridine rings is 1. The largest absolute Gasteiger partial charge is 0.446 e. The molecule has 39 heavy (non-hydrogen) atoms. The predicted octanol–water partition coefficient (Wildman–Crippen LogP) is 8.04. The van der Waals surface area contributed by atoms with E-state index in [-0.39, 0.29) is 17.8 Å². The molecule has 2 heterocycles. The van der Waals surface area contributed by atoms with E-state index in [2.05, 4.69) is 14.9 Å². The Morgan fingerprint density at radius 2 is 1.79 bits per heavy atom. The van der Waals surface area contributed by atoms with Crippen molar-refractivity contribution >= 4 is 28.4 Å². The number of benzene rings is 2. The zero-order valence-corrected chi connectivity index (χ0v) is 21.5. The molecule has 9 heteroatoms. The minimum Gasteiger partial charge on any atom is -0.446 e. The molecule has 6 nitrogen and oxygen atoms in total. The number of nitrogen functional groups attached to an aromatic ring is 1. The number of nitrogens with one attached hydrogen (secondary N) is 1. The first-order valence-corrected chi connectivity index (χ1v) is 13.2. The monoisotopic (exact) mass is 534 g/mol. The molecule has 0 bridgehead atoms. The molecule has 2 aromatic heterocycles. The number of hydrogen-bond acceptors (Lipinski definition) is 4. The molecule has 0 saturated heterocycles. The van der Waals surface area contributed by atoms with Crippen LogP contribution in [0, 0.1) is 5.92 Å². The first-order valence-electron chi connectivity index (χ1n) is 13.2. The van der Waals surface area contributed by atoms with Gasteiger partial charge in [-0.05, 0) is 75.3 Å². The summed E-state index contributed by atoms with van der Waals surface area (Å²) in [4.78, 5) is 16.4. The molecular weight excluding hydrogens is 505 g/mol.